The molecule has 0 saturated heterocycles. The average molecular weight is 355 g/mol. The van der Waals surface area contributed by atoms with E-state index in [1.807, 2.05) is 0 Å². The maximum Gasteiger partial charge on any atom is 0.246 e. The Morgan fingerprint density at radius 1 is 1.26 bits per heavy atom. The number of nitrogens with one attached hydrogen (secondary N) is 1. The van der Waals surface area contributed by atoms with Gasteiger partial charge in [0, 0.05) is 6.04 Å². The molecule has 2 N–H and O–H groups in total. The van der Waals surface area contributed by atoms with Crippen LogP contribution in [-0.4, -0.2) is 28.3 Å². The van der Waals surface area contributed by atoms with E-state index in [0.29, 0.717) is 11.4 Å². The maximum absolute atomic E-state index is 12.7. The van der Waals surface area contributed by atoms with Crippen molar-refractivity contribution >= 4 is 32.8 Å². The monoisotopic (exact) mass is 355 g/mol. The topological polar surface area (TPSA) is 92.2 Å². The van der Waals surface area contributed by atoms with Crippen LogP contribution in [0.1, 0.15) is 45.4 Å². The van der Waals surface area contributed by atoms with Crippen LogP contribution in [0.15, 0.2) is 17.0 Å². The average Bonchev–Trinajstić information content (AvgIpc) is 2.97. The molecule has 1 aromatic heterocycles. The van der Waals surface area contributed by atoms with Gasteiger partial charge in [0.2, 0.25) is 10.0 Å². The molecule has 0 radical (unpaired) electrons. The van der Waals surface area contributed by atoms with E-state index in [-0.39, 0.29) is 22.2 Å². The fourth-order valence-corrected chi connectivity index (χ4v) is 5.48. The highest BCUT2D eigenvalue weighted by Crippen LogP contribution is 2.32. The van der Waals surface area contributed by atoms with E-state index in [9.17, 15) is 13.5 Å². The van der Waals surface area contributed by atoms with Gasteiger partial charge >= 0.3 is 0 Å². The number of sulfonamides is 1. The maximum atomic E-state index is 12.7. The van der Waals surface area contributed by atoms with Crippen LogP contribution in [0.2, 0.25) is 0 Å². The predicted molar refractivity (Wildman–Crippen MR) is 90.1 cm³/mol. The van der Waals surface area contributed by atoms with Crippen molar-refractivity contribution in [1.82, 2.24) is 13.5 Å². The molecular formula is C15H21N3O3S2. The van der Waals surface area contributed by atoms with E-state index < -0.39 is 10.0 Å². The Hall–Kier alpha value is -1.25. The number of nitrogens with zero attached hydrogens (tertiary/aromatic N) is 2. The normalized spacial score (nSPS) is 22.5. The third kappa shape index (κ3) is 3.49. The smallest absolute Gasteiger partial charge is 0.246 e. The molecule has 0 spiro atoms. The highest BCUT2D eigenvalue weighted by molar-refractivity contribution is 7.89. The van der Waals surface area contributed by atoms with Gasteiger partial charge in [-0.2, -0.15) is 8.75 Å². The van der Waals surface area contributed by atoms with Crippen LogP contribution >= 0.6 is 11.7 Å². The molecule has 3 rings (SSSR count). The van der Waals surface area contributed by atoms with Crippen molar-refractivity contribution in [3.63, 3.8) is 0 Å². The highest BCUT2D eigenvalue weighted by Gasteiger charge is 2.29. The molecule has 0 unspecified atom stereocenters. The molecule has 1 aliphatic carbocycles. The third-order valence-corrected chi connectivity index (χ3v) is 6.62. The summed E-state index contributed by atoms with van der Waals surface area (Å²) >= 11 is 0.940. The van der Waals surface area contributed by atoms with Crippen molar-refractivity contribution in [2.24, 2.45) is 5.92 Å². The van der Waals surface area contributed by atoms with Crippen molar-refractivity contribution in [3.8, 4) is 5.75 Å². The number of aromatic nitrogens is 2. The Balaban J connectivity index is 1.79. The highest BCUT2D eigenvalue weighted by atomic mass is 32.2. The molecule has 1 fully saturated rings. The molecule has 1 aliphatic rings. The molecule has 0 aliphatic heterocycles. The molecular weight excluding hydrogens is 334 g/mol. The summed E-state index contributed by atoms with van der Waals surface area (Å²) in [5.41, 5.74) is 0.724. The molecule has 1 aromatic carbocycles. The second-order valence-electron chi connectivity index (χ2n) is 6.17. The summed E-state index contributed by atoms with van der Waals surface area (Å²) in [6, 6.07) is 2.86. The number of hydrogen-bond donors (Lipinski definition) is 2. The lowest BCUT2D eigenvalue weighted by molar-refractivity contribution is 0.297. The second-order valence-corrected chi connectivity index (χ2v) is 8.35. The van der Waals surface area contributed by atoms with E-state index >= 15 is 0 Å². The molecule has 126 valence electrons. The first kappa shape index (κ1) is 16.6. The summed E-state index contributed by atoms with van der Waals surface area (Å²) in [5, 5.41) is 10.0. The Morgan fingerprint density at radius 2 is 2.00 bits per heavy atom. The van der Waals surface area contributed by atoms with Gasteiger partial charge < -0.3 is 5.11 Å². The van der Waals surface area contributed by atoms with Gasteiger partial charge in [0.1, 0.15) is 16.8 Å². The molecule has 1 heterocycles. The van der Waals surface area contributed by atoms with Crippen molar-refractivity contribution < 1.29 is 13.5 Å². The van der Waals surface area contributed by atoms with Gasteiger partial charge in [-0.3, -0.25) is 0 Å². The molecule has 2 aromatic rings. The lowest BCUT2D eigenvalue weighted by Gasteiger charge is -2.28. The zero-order chi connectivity index (χ0) is 16.4. The molecule has 23 heavy (non-hydrogen) atoms. The fraction of sp³-hybridized carbons (Fsp3) is 0.600. The van der Waals surface area contributed by atoms with Gasteiger partial charge in [0.15, 0.2) is 4.90 Å². The fourth-order valence-electron chi connectivity index (χ4n) is 3.34. The summed E-state index contributed by atoms with van der Waals surface area (Å²) in [5.74, 6) is 0.428. The Morgan fingerprint density at radius 3 is 2.70 bits per heavy atom. The lowest BCUT2D eigenvalue weighted by Crippen LogP contribution is -2.37. The van der Waals surface area contributed by atoms with Crippen LogP contribution in [0.5, 0.6) is 5.75 Å². The van der Waals surface area contributed by atoms with E-state index in [0.717, 1.165) is 37.4 Å². The number of rotatable bonds is 5. The summed E-state index contributed by atoms with van der Waals surface area (Å²) in [6.45, 7) is 2.18. The van der Waals surface area contributed by atoms with Crippen molar-refractivity contribution in [2.45, 2.75) is 56.4 Å². The summed E-state index contributed by atoms with van der Waals surface area (Å²) in [7, 11) is -3.81. The lowest BCUT2D eigenvalue weighted by atomic mass is 9.84. The minimum absolute atomic E-state index is 0.0747. The van der Waals surface area contributed by atoms with Crippen molar-refractivity contribution in [2.75, 3.05) is 0 Å². The van der Waals surface area contributed by atoms with Gasteiger partial charge in [-0.25, -0.2) is 13.1 Å². The van der Waals surface area contributed by atoms with Crippen LogP contribution in [0, 0.1) is 5.92 Å². The van der Waals surface area contributed by atoms with Gasteiger partial charge in [-0.1, -0.05) is 19.8 Å². The van der Waals surface area contributed by atoms with Gasteiger partial charge in [-0.05, 0) is 43.7 Å². The molecule has 0 amide bonds. The molecule has 6 nitrogen and oxygen atoms in total. The minimum Gasteiger partial charge on any atom is -0.506 e. The van der Waals surface area contributed by atoms with Crippen LogP contribution in [-0.2, 0) is 10.0 Å². The SMILES string of the molecule is CCCC1CCC(NS(=O)(=O)c2c(O)ccc3nsnc23)CC1. The first-order chi connectivity index (χ1) is 11.0. The van der Waals surface area contributed by atoms with Gasteiger partial charge in [0.25, 0.3) is 0 Å². The zero-order valence-electron chi connectivity index (χ0n) is 13.0. The van der Waals surface area contributed by atoms with E-state index in [1.165, 1.54) is 18.9 Å². The van der Waals surface area contributed by atoms with Crippen LogP contribution < -0.4 is 4.72 Å². The largest absolute Gasteiger partial charge is 0.506 e. The number of phenolic OH excluding ortho intramolecular Hbond substituents is 1. The number of hydrogen-bond acceptors (Lipinski definition) is 6. The predicted octanol–water partition coefficient (Wildman–Crippen LogP) is 3.03. The number of phenols is 1. The van der Waals surface area contributed by atoms with E-state index in [1.54, 1.807) is 6.07 Å². The van der Waals surface area contributed by atoms with E-state index in [4.69, 9.17) is 0 Å². The Bertz CT molecular complexity index is 780. The van der Waals surface area contributed by atoms with Gasteiger partial charge in [0.05, 0.1) is 11.7 Å². The number of aromatic hydroxyl groups is 1. The summed E-state index contributed by atoms with van der Waals surface area (Å²) in [6.07, 6.45) is 6.18. The quantitative estimate of drug-likeness (QED) is 0.860. The number of benzene rings is 1. The van der Waals surface area contributed by atoms with Crippen LogP contribution in [0.3, 0.4) is 0 Å². The van der Waals surface area contributed by atoms with Crippen molar-refractivity contribution in [3.05, 3.63) is 12.1 Å². The molecule has 0 atom stereocenters. The summed E-state index contributed by atoms with van der Waals surface area (Å²) < 4.78 is 36.2. The second kappa shape index (κ2) is 6.70. The standard InChI is InChI=1S/C15H21N3O3S2/c1-2-3-10-4-6-11(7-5-10)18-23(20,21)15-13(19)9-8-12-14(15)17-22-16-12/h8-11,18-19H,2-7H2,1H3. The minimum atomic E-state index is -3.81. The first-order valence-electron chi connectivity index (χ1n) is 7.98. The zero-order valence-corrected chi connectivity index (χ0v) is 14.7. The van der Waals surface area contributed by atoms with Crippen LogP contribution in [0.25, 0.3) is 11.0 Å². The third-order valence-electron chi connectivity index (χ3n) is 4.49. The molecule has 1 saturated carbocycles. The molecule has 8 heteroatoms. The Labute approximate surface area is 140 Å². The molecule has 0 bridgehead atoms. The van der Waals surface area contributed by atoms with Crippen LogP contribution in [0.4, 0.5) is 0 Å². The van der Waals surface area contributed by atoms with Crippen molar-refractivity contribution in [1.29, 1.82) is 0 Å². The first-order valence-corrected chi connectivity index (χ1v) is 10.2. The summed E-state index contributed by atoms with van der Waals surface area (Å²) in [4.78, 5) is -0.153. The Kier molecular flexibility index (Phi) is 4.84. The number of fused-ring (bicyclic) bond motifs is 1. The van der Waals surface area contributed by atoms with E-state index in [2.05, 4.69) is 20.4 Å². The van der Waals surface area contributed by atoms with Gasteiger partial charge in [-0.15, -0.1) is 0 Å².